The summed E-state index contributed by atoms with van der Waals surface area (Å²) in [6.45, 7) is 5.15. The van der Waals surface area contributed by atoms with E-state index in [-0.39, 0.29) is 11.0 Å². The van der Waals surface area contributed by atoms with Crippen LogP contribution in [0.15, 0.2) is 243 Å². The predicted octanol–water partition coefficient (Wildman–Crippen LogP) is 15.6. The molecule has 72 heavy (non-hydrogen) atoms. The van der Waals surface area contributed by atoms with Crippen molar-refractivity contribution in [2.24, 2.45) is 0 Å². The fraction of sp³-hybridized carbons (Fsp3) is 0.118. The van der Waals surface area contributed by atoms with Crippen LogP contribution in [0, 0.1) is 0 Å². The molecule has 4 heteroatoms. The molecule has 2 atom stereocenters. The molecule has 0 amide bonds. The molecular weight excluding hydrogens is 905 g/mol. The summed E-state index contributed by atoms with van der Waals surface area (Å²) in [7, 11) is -2.97. The normalized spacial score (nSPS) is 17.7. The molecule has 2 unspecified atom stereocenters. The Morgan fingerprint density at radius 2 is 1.03 bits per heavy atom. The molecule has 14 rings (SSSR count). The molecule has 10 aromatic carbocycles. The van der Waals surface area contributed by atoms with Crippen LogP contribution in [0.3, 0.4) is 0 Å². The maximum Gasteiger partial charge on any atom is 0.179 e. The zero-order valence-corrected chi connectivity index (χ0v) is 42.5. The lowest BCUT2D eigenvalue weighted by atomic mass is 9.61. The number of nitrogens with zero attached hydrogens (tertiary/aromatic N) is 2. The summed E-state index contributed by atoms with van der Waals surface area (Å²) in [5.41, 5.74) is 12.6. The second kappa shape index (κ2) is 16.7. The van der Waals surface area contributed by atoms with E-state index in [4.69, 9.17) is 0 Å². The van der Waals surface area contributed by atoms with Crippen LogP contribution in [0.4, 0.5) is 11.4 Å². The highest BCUT2D eigenvalue weighted by atomic mass is 32.1. The predicted molar refractivity (Wildman–Crippen MR) is 311 cm³/mol. The summed E-state index contributed by atoms with van der Waals surface area (Å²) in [5.74, 6) is 0. The summed E-state index contributed by atoms with van der Waals surface area (Å²) in [6.07, 6.45) is 4.75. The monoisotopic (exact) mass is 958 g/mol. The second-order valence-corrected chi connectivity index (χ2v) is 25.5. The van der Waals surface area contributed by atoms with Gasteiger partial charge in [-0.1, -0.05) is 220 Å². The Hall–Kier alpha value is -7.76. The van der Waals surface area contributed by atoms with Crippen molar-refractivity contribution in [1.82, 2.24) is 4.57 Å². The minimum Gasteiger partial charge on any atom is -0.333 e. The largest absolute Gasteiger partial charge is 0.333 e. The molecule has 1 fully saturated rings. The van der Waals surface area contributed by atoms with E-state index in [2.05, 4.69) is 266 Å². The summed E-state index contributed by atoms with van der Waals surface area (Å²) in [6, 6.07) is 92.1. The number of hydrogen-bond donors (Lipinski definition) is 0. The van der Waals surface area contributed by atoms with E-state index < -0.39 is 8.07 Å². The maximum absolute atomic E-state index is 2.97. The molecule has 1 aliphatic heterocycles. The van der Waals surface area contributed by atoms with Gasteiger partial charge in [-0.2, -0.15) is 0 Å². The van der Waals surface area contributed by atoms with E-state index in [1.807, 2.05) is 11.3 Å². The lowest BCUT2D eigenvalue weighted by Crippen LogP contribution is -2.74. The first-order valence-corrected chi connectivity index (χ1v) is 28.5. The number of thiophene rings is 1. The zero-order valence-electron chi connectivity index (χ0n) is 40.7. The number of rotatable bonds is 8. The van der Waals surface area contributed by atoms with Gasteiger partial charge in [0.1, 0.15) is 0 Å². The first-order chi connectivity index (χ1) is 35.5. The Morgan fingerprint density at radius 1 is 0.431 bits per heavy atom. The van der Waals surface area contributed by atoms with E-state index in [9.17, 15) is 0 Å². The molecule has 12 aromatic rings. The number of fused-ring (bicyclic) bond motifs is 9. The van der Waals surface area contributed by atoms with Crippen molar-refractivity contribution >= 4 is 93.5 Å². The molecule has 346 valence electrons. The molecule has 1 saturated carbocycles. The molecule has 2 aliphatic rings. The number of anilines is 2. The zero-order chi connectivity index (χ0) is 48.0. The second-order valence-electron chi connectivity index (χ2n) is 20.6. The summed E-state index contributed by atoms with van der Waals surface area (Å²) in [5, 5.41) is 10.7. The van der Waals surface area contributed by atoms with Crippen molar-refractivity contribution in [3.05, 3.63) is 248 Å². The number of hydrogen-bond acceptors (Lipinski definition) is 2. The summed E-state index contributed by atoms with van der Waals surface area (Å²) in [4.78, 5) is 2.85. The van der Waals surface area contributed by atoms with Crippen molar-refractivity contribution in [3.63, 3.8) is 0 Å². The smallest absolute Gasteiger partial charge is 0.179 e. The molecule has 0 radical (unpaired) electrons. The molecule has 0 N–H and O–H groups in total. The van der Waals surface area contributed by atoms with Crippen molar-refractivity contribution in [2.45, 2.75) is 50.5 Å². The van der Waals surface area contributed by atoms with Gasteiger partial charge in [-0.25, -0.2) is 0 Å². The van der Waals surface area contributed by atoms with Crippen LogP contribution < -0.4 is 25.6 Å². The highest BCUT2D eigenvalue weighted by molar-refractivity contribution is 7.26. The van der Waals surface area contributed by atoms with E-state index >= 15 is 0 Å². The standard InChI is InChI=1S/C68H54N2SSi/c1-67-43-18-19-44-68(67,2)70(60-38-16-14-36-58(60)67)66-55(54-35-22-40-63-64(54)57-34-13-17-39-62(57)71-63)41-42-61-65(66)56-33-12-15-37-59(56)69(61)49-26-21-32-53(46-49)72(50-27-8-4-9-28-50,51-29-10-5-11-30-51)52-31-20-25-48(45-52)47-23-6-3-7-24-47/h3-17,20-42,45-46H,18-19,43-44H2,1-2H3. The molecule has 2 aromatic heterocycles. The Balaban J connectivity index is 1.08. The highest BCUT2D eigenvalue weighted by Crippen LogP contribution is 2.63. The van der Waals surface area contributed by atoms with Crippen molar-refractivity contribution < 1.29 is 0 Å². The van der Waals surface area contributed by atoms with Gasteiger partial charge in [0.2, 0.25) is 0 Å². The van der Waals surface area contributed by atoms with Gasteiger partial charge in [-0.3, -0.25) is 0 Å². The van der Waals surface area contributed by atoms with Gasteiger partial charge in [-0.05, 0) is 105 Å². The Labute approximate surface area is 427 Å². The highest BCUT2D eigenvalue weighted by Gasteiger charge is 2.58. The van der Waals surface area contributed by atoms with Crippen LogP contribution in [0.1, 0.15) is 45.1 Å². The molecule has 1 aliphatic carbocycles. The Morgan fingerprint density at radius 3 is 1.82 bits per heavy atom. The fourth-order valence-corrected chi connectivity index (χ4v) is 19.6. The average molecular weight is 959 g/mol. The topological polar surface area (TPSA) is 8.17 Å². The summed E-state index contributed by atoms with van der Waals surface area (Å²) < 4.78 is 5.24. The third kappa shape index (κ3) is 6.19. The van der Waals surface area contributed by atoms with Gasteiger partial charge in [0.25, 0.3) is 0 Å². The summed E-state index contributed by atoms with van der Waals surface area (Å²) >= 11 is 1.90. The first kappa shape index (κ1) is 43.1. The maximum atomic E-state index is 2.85. The number of aromatic nitrogens is 1. The molecule has 0 bridgehead atoms. The van der Waals surface area contributed by atoms with Crippen LogP contribution in [-0.4, -0.2) is 18.2 Å². The first-order valence-electron chi connectivity index (χ1n) is 25.7. The van der Waals surface area contributed by atoms with Crippen molar-refractivity contribution in [3.8, 4) is 27.9 Å². The van der Waals surface area contributed by atoms with Crippen LogP contribution >= 0.6 is 11.3 Å². The van der Waals surface area contributed by atoms with Crippen LogP contribution in [0.2, 0.25) is 0 Å². The molecule has 2 nitrogen and oxygen atoms in total. The van der Waals surface area contributed by atoms with Crippen LogP contribution in [0.25, 0.3) is 69.9 Å². The van der Waals surface area contributed by atoms with Gasteiger partial charge in [-0.15, -0.1) is 11.3 Å². The minimum atomic E-state index is -2.97. The van der Waals surface area contributed by atoms with Crippen LogP contribution in [0.5, 0.6) is 0 Å². The lowest BCUT2D eigenvalue weighted by molar-refractivity contribution is 0.195. The minimum absolute atomic E-state index is 0.0181. The van der Waals surface area contributed by atoms with E-state index in [0.717, 1.165) is 6.42 Å². The van der Waals surface area contributed by atoms with Gasteiger partial charge in [0.05, 0.1) is 22.3 Å². The molecule has 0 saturated heterocycles. The third-order valence-corrected chi connectivity index (χ3v) is 23.0. The van der Waals surface area contributed by atoms with Crippen molar-refractivity contribution in [1.29, 1.82) is 0 Å². The Kier molecular flexibility index (Phi) is 9.97. The Bertz CT molecular complexity index is 4000. The quantitative estimate of drug-likeness (QED) is 0.109. The van der Waals surface area contributed by atoms with E-state index in [1.165, 1.54) is 127 Å². The number of benzene rings is 10. The van der Waals surface area contributed by atoms with Gasteiger partial charge < -0.3 is 9.47 Å². The average Bonchev–Trinajstić information content (AvgIpc) is 4.06. The van der Waals surface area contributed by atoms with E-state index in [1.54, 1.807) is 0 Å². The third-order valence-electron chi connectivity index (χ3n) is 17.1. The van der Waals surface area contributed by atoms with Gasteiger partial charge in [0.15, 0.2) is 8.07 Å². The molecule has 0 spiro atoms. The number of para-hydroxylation sites is 2. The van der Waals surface area contributed by atoms with E-state index in [0.29, 0.717) is 0 Å². The lowest BCUT2D eigenvalue weighted by Gasteiger charge is -2.51. The van der Waals surface area contributed by atoms with Crippen molar-refractivity contribution in [2.75, 3.05) is 4.90 Å². The molecular formula is C68H54N2SSi. The SMILES string of the molecule is CC12CCCCC1(C)N(c1c(-c3cccc4sc5ccccc5c34)ccc3c1c1ccccc1n3-c1cccc([Si](c3ccccc3)(c3ccccc3)c3cccc(-c4ccccc4)c3)c1)c1ccccc12. The van der Waals surface area contributed by atoms with Crippen LogP contribution in [-0.2, 0) is 5.41 Å². The fourth-order valence-electron chi connectivity index (χ4n) is 13.6. The van der Waals surface area contributed by atoms with Gasteiger partial charge >= 0.3 is 0 Å². The van der Waals surface area contributed by atoms with Gasteiger partial charge in [0, 0.05) is 53.3 Å². The molecule has 3 heterocycles.